The lowest BCUT2D eigenvalue weighted by Crippen LogP contribution is -2.17. The highest BCUT2D eigenvalue weighted by atomic mass is 15.1. The van der Waals surface area contributed by atoms with Gasteiger partial charge in [0.2, 0.25) is 0 Å². The van der Waals surface area contributed by atoms with Gasteiger partial charge in [0.15, 0.2) is 0 Å². The highest BCUT2D eigenvalue weighted by molar-refractivity contribution is 5.54. The summed E-state index contributed by atoms with van der Waals surface area (Å²) in [5.41, 5.74) is 2.24. The molecule has 1 saturated heterocycles. The second-order valence-electron chi connectivity index (χ2n) is 3.34. The van der Waals surface area contributed by atoms with Gasteiger partial charge in [-0.05, 0) is 31.1 Å². The number of aromatic nitrogens is 1. The monoisotopic (exact) mass is 174 g/mol. The van der Waals surface area contributed by atoms with E-state index in [0.717, 1.165) is 5.69 Å². The molecule has 1 aromatic heterocycles. The van der Waals surface area contributed by atoms with Crippen molar-refractivity contribution in [2.75, 3.05) is 18.0 Å². The molecule has 2 heteroatoms. The molecular formula is C11H14N2. The van der Waals surface area contributed by atoms with Gasteiger partial charge in [-0.2, -0.15) is 0 Å². The fraction of sp³-hybridized carbons (Fsp3) is 0.364. The van der Waals surface area contributed by atoms with Crippen molar-refractivity contribution in [3.8, 4) is 0 Å². The van der Waals surface area contributed by atoms with Crippen molar-refractivity contribution < 1.29 is 0 Å². The standard InChI is InChI=1S/C11H14N2/c1-2-10-9-11(5-6-12-10)13-7-3-4-8-13/h2,5-6,9H,1,3-4,7-8H2. The van der Waals surface area contributed by atoms with Crippen LogP contribution >= 0.6 is 0 Å². The molecule has 0 unspecified atom stereocenters. The highest BCUT2D eigenvalue weighted by Gasteiger charge is 2.11. The van der Waals surface area contributed by atoms with Gasteiger partial charge in [0.25, 0.3) is 0 Å². The average Bonchev–Trinajstić information content (AvgIpc) is 2.71. The first-order valence-corrected chi connectivity index (χ1v) is 4.73. The topological polar surface area (TPSA) is 16.1 Å². The molecule has 2 rings (SSSR count). The minimum Gasteiger partial charge on any atom is -0.371 e. The molecular weight excluding hydrogens is 160 g/mol. The molecule has 1 fully saturated rings. The number of pyridine rings is 1. The predicted molar refractivity (Wildman–Crippen MR) is 55.8 cm³/mol. The van der Waals surface area contributed by atoms with E-state index < -0.39 is 0 Å². The van der Waals surface area contributed by atoms with Crippen LogP contribution < -0.4 is 4.90 Å². The Labute approximate surface area is 78.9 Å². The van der Waals surface area contributed by atoms with Gasteiger partial charge < -0.3 is 4.90 Å². The van der Waals surface area contributed by atoms with Gasteiger partial charge in [-0.25, -0.2) is 0 Å². The minimum absolute atomic E-state index is 0.962. The lowest BCUT2D eigenvalue weighted by Gasteiger charge is -2.17. The van der Waals surface area contributed by atoms with Gasteiger partial charge in [-0.1, -0.05) is 6.58 Å². The Morgan fingerprint density at radius 1 is 1.38 bits per heavy atom. The van der Waals surface area contributed by atoms with E-state index in [1.54, 1.807) is 6.08 Å². The first-order valence-electron chi connectivity index (χ1n) is 4.73. The number of nitrogens with zero attached hydrogens (tertiary/aromatic N) is 2. The van der Waals surface area contributed by atoms with Gasteiger partial charge in [-0.15, -0.1) is 0 Å². The molecule has 2 nitrogen and oxygen atoms in total. The van der Waals surface area contributed by atoms with E-state index in [1.165, 1.54) is 31.6 Å². The summed E-state index contributed by atoms with van der Waals surface area (Å²) in [6.07, 6.45) is 6.27. The molecule has 0 saturated carbocycles. The summed E-state index contributed by atoms with van der Waals surface area (Å²) >= 11 is 0. The Hall–Kier alpha value is -1.31. The van der Waals surface area contributed by atoms with Crippen LogP contribution in [-0.2, 0) is 0 Å². The van der Waals surface area contributed by atoms with E-state index in [1.807, 2.05) is 6.20 Å². The summed E-state index contributed by atoms with van der Waals surface area (Å²) in [6.45, 7) is 6.08. The smallest absolute Gasteiger partial charge is 0.0644 e. The van der Waals surface area contributed by atoms with Crippen LogP contribution in [0.4, 0.5) is 5.69 Å². The summed E-state index contributed by atoms with van der Waals surface area (Å²) in [4.78, 5) is 6.58. The second-order valence-corrected chi connectivity index (χ2v) is 3.34. The molecule has 0 radical (unpaired) electrons. The summed E-state index contributed by atoms with van der Waals surface area (Å²) in [6, 6.07) is 4.16. The zero-order valence-corrected chi connectivity index (χ0v) is 7.74. The zero-order chi connectivity index (χ0) is 9.10. The van der Waals surface area contributed by atoms with Crippen molar-refractivity contribution in [3.63, 3.8) is 0 Å². The molecule has 1 aliphatic heterocycles. The molecule has 2 heterocycles. The van der Waals surface area contributed by atoms with E-state index in [-0.39, 0.29) is 0 Å². The number of hydrogen-bond donors (Lipinski definition) is 0. The van der Waals surface area contributed by atoms with Crippen LogP contribution in [0.15, 0.2) is 24.9 Å². The molecule has 0 aromatic carbocycles. The molecule has 0 atom stereocenters. The largest absolute Gasteiger partial charge is 0.371 e. The molecule has 0 bridgehead atoms. The maximum absolute atomic E-state index is 4.18. The van der Waals surface area contributed by atoms with Crippen LogP contribution in [0.2, 0.25) is 0 Å². The summed E-state index contributed by atoms with van der Waals surface area (Å²) in [7, 11) is 0. The minimum atomic E-state index is 0.962. The molecule has 1 aliphatic rings. The Balaban J connectivity index is 2.23. The normalized spacial score (nSPS) is 16.2. The predicted octanol–water partition coefficient (Wildman–Crippen LogP) is 2.32. The molecule has 0 aliphatic carbocycles. The van der Waals surface area contributed by atoms with Crippen LogP contribution in [0, 0.1) is 0 Å². The highest BCUT2D eigenvalue weighted by Crippen LogP contribution is 2.20. The first kappa shape index (κ1) is 8.30. The van der Waals surface area contributed by atoms with Crippen LogP contribution in [0.3, 0.4) is 0 Å². The van der Waals surface area contributed by atoms with Gasteiger partial charge in [0.05, 0.1) is 5.69 Å². The third-order valence-electron chi connectivity index (χ3n) is 2.45. The van der Waals surface area contributed by atoms with Crippen molar-refractivity contribution in [1.29, 1.82) is 0 Å². The van der Waals surface area contributed by atoms with Crippen LogP contribution in [0.25, 0.3) is 6.08 Å². The van der Waals surface area contributed by atoms with Crippen LogP contribution in [-0.4, -0.2) is 18.1 Å². The zero-order valence-electron chi connectivity index (χ0n) is 7.74. The quantitative estimate of drug-likeness (QED) is 0.684. The summed E-state index contributed by atoms with van der Waals surface area (Å²) in [5.74, 6) is 0. The van der Waals surface area contributed by atoms with E-state index >= 15 is 0 Å². The molecule has 68 valence electrons. The molecule has 13 heavy (non-hydrogen) atoms. The molecule has 0 amide bonds. The second kappa shape index (κ2) is 3.60. The molecule has 0 spiro atoms. The third kappa shape index (κ3) is 1.72. The van der Waals surface area contributed by atoms with E-state index in [4.69, 9.17) is 0 Å². The lowest BCUT2D eigenvalue weighted by molar-refractivity contribution is 0.949. The maximum atomic E-state index is 4.18. The molecule has 1 aromatic rings. The van der Waals surface area contributed by atoms with E-state index in [2.05, 4.69) is 28.6 Å². The maximum Gasteiger partial charge on any atom is 0.0644 e. The average molecular weight is 174 g/mol. The number of rotatable bonds is 2. The Morgan fingerprint density at radius 2 is 2.15 bits per heavy atom. The first-order chi connectivity index (χ1) is 6.40. The van der Waals surface area contributed by atoms with E-state index in [0.29, 0.717) is 0 Å². The fourth-order valence-electron chi connectivity index (χ4n) is 1.72. The van der Waals surface area contributed by atoms with Crippen molar-refractivity contribution >= 4 is 11.8 Å². The number of hydrogen-bond acceptors (Lipinski definition) is 2. The van der Waals surface area contributed by atoms with E-state index in [9.17, 15) is 0 Å². The third-order valence-corrected chi connectivity index (χ3v) is 2.45. The van der Waals surface area contributed by atoms with Gasteiger partial charge >= 0.3 is 0 Å². The van der Waals surface area contributed by atoms with Crippen molar-refractivity contribution in [3.05, 3.63) is 30.6 Å². The SMILES string of the molecule is C=Cc1cc(N2CCCC2)ccn1. The Kier molecular flexibility index (Phi) is 2.30. The van der Waals surface area contributed by atoms with Gasteiger partial charge in [0.1, 0.15) is 0 Å². The fourth-order valence-corrected chi connectivity index (χ4v) is 1.72. The van der Waals surface area contributed by atoms with Gasteiger partial charge in [-0.3, -0.25) is 4.98 Å². The van der Waals surface area contributed by atoms with Crippen molar-refractivity contribution in [1.82, 2.24) is 4.98 Å². The van der Waals surface area contributed by atoms with Gasteiger partial charge in [0, 0.05) is 25.0 Å². The van der Waals surface area contributed by atoms with Crippen LogP contribution in [0.1, 0.15) is 18.5 Å². The Bertz CT molecular complexity index is 301. The van der Waals surface area contributed by atoms with Crippen molar-refractivity contribution in [2.45, 2.75) is 12.8 Å². The van der Waals surface area contributed by atoms with Crippen molar-refractivity contribution in [2.24, 2.45) is 0 Å². The summed E-state index contributed by atoms with van der Waals surface area (Å²) in [5, 5.41) is 0. The summed E-state index contributed by atoms with van der Waals surface area (Å²) < 4.78 is 0. The lowest BCUT2D eigenvalue weighted by atomic mass is 10.3. The molecule has 0 N–H and O–H groups in total. The van der Waals surface area contributed by atoms with Crippen LogP contribution in [0.5, 0.6) is 0 Å². The Morgan fingerprint density at radius 3 is 2.85 bits per heavy atom. The number of anilines is 1.